The Morgan fingerprint density at radius 1 is 1.31 bits per heavy atom. The third-order valence-electron chi connectivity index (χ3n) is 3.53. The van der Waals surface area contributed by atoms with Gasteiger partial charge in [0.25, 0.3) is 0 Å². The lowest BCUT2D eigenvalue weighted by molar-refractivity contribution is -0.135. The highest BCUT2D eigenvalue weighted by molar-refractivity contribution is 5.87. The molecular weight excluding hydrogens is 200 g/mol. The zero-order chi connectivity index (χ0) is 11.9. The van der Waals surface area contributed by atoms with Gasteiger partial charge in [0, 0.05) is 0 Å². The topological polar surface area (TPSA) is 37.3 Å². The molecule has 0 aromatic heterocycles. The number of hydrogen-bond acceptors (Lipinski definition) is 1. The Bertz CT molecular complexity index is 496. The van der Waals surface area contributed by atoms with E-state index in [0.29, 0.717) is 0 Å². The Balaban J connectivity index is 2.49. The van der Waals surface area contributed by atoms with E-state index in [4.69, 9.17) is 5.11 Å². The molecule has 0 atom stereocenters. The van der Waals surface area contributed by atoms with Gasteiger partial charge in [-0.05, 0) is 60.6 Å². The van der Waals surface area contributed by atoms with Crippen molar-refractivity contribution in [2.24, 2.45) is 0 Å². The number of aryl methyl sites for hydroxylation is 1. The van der Waals surface area contributed by atoms with E-state index in [2.05, 4.69) is 26.8 Å². The summed E-state index contributed by atoms with van der Waals surface area (Å²) >= 11 is 0. The molecule has 0 spiro atoms. The van der Waals surface area contributed by atoms with Gasteiger partial charge in [-0.2, -0.15) is 0 Å². The Kier molecular flexibility index (Phi) is 2.58. The average molecular weight is 216 g/mol. The summed E-state index contributed by atoms with van der Waals surface area (Å²) in [6.45, 7) is 6.33. The van der Waals surface area contributed by atoms with Crippen LogP contribution in [0.1, 0.15) is 34.2 Å². The van der Waals surface area contributed by atoms with E-state index in [0.717, 1.165) is 17.6 Å². The van der Waals surface area contributed by atoms with Gasteiger partial charge in [0.05, 0.1) is 6.42 Å². The number of hydrogen-bond donors (Lipinski definition) is 1. The fourth-order valence-electron chi connectivity index (χ4n) is 2.35. The lowest BCUT2D eigenvalue weighted by Gasteiger charge is -2.12. The number of aliphatic carboxylic acids is 1. The Hall–Kier alpha value is -1.57. The van der Waals surface area contributed by atoms with Crippen LogP contribution in [0.2, 0.25) is 0 Å². The minimum absolute atomic E-state index is 0.134. The van der Waals surface area contributed by atoms with Crippen LogP contribution in [-0.4, -0.2) is 11.1 Å². The summed E-state index contributed by atoms with van der Waals surface area (Å²) in [6, 6.07) is 2.12. The average Bonchev–Trinajstić information content (AvgIpc) is 2.58. The Morgan fingerprint density at radius 2 is 2.00 bits per heavy atom. The lowest BCUT2D eigenvalue weighted by Crippen LogP contribution is -1.99. The molecule has 0 bridgehead atoms. The zero-order valence-electron chi connectivity index (χ0n) is 9.92. The third kappa shape index (κ3) is 1.64. The van der Waals surface area contributed by atoms with Crippen molar-refractivity contribution in [1.82, 2.24) is 0 Å². The van der Waals surface area contributed by atoms with Crippen molar-refractivity contribution in [2.75, 3.05) is 0 Å². The standard InChI is InChI=1S/C14H16O2/c1-8-6-13-11(7-14(15)16)4-5-12(13)10(3)9(8)2/h4,6H,5,7H2,1-3H3,(H,15,16). The van der Waals surface area contributed by atoms with Crippen molar-refractivity contribution >= 4 is 11.5 Å². The number of benzene rings is 1. The highest BCUT2D eigenvalue weighted by atomic mass is 16.4. The molecule has 0 radical (unpaired) electrons. The first-order valence-electron chi connectivity index (χ1n) is 5.51. The van der Waals surface area contributed by atoms with Crippen molar-refractivity contribution in [2.45, 2.75) is 33.6 Å². The van der Waals surface area contributed by atoms with E-state index in [-0.39, 0.29) is 6.42 Å². The van der Waals surface area contributed by atoms with Crippen molar-refractivity contribution in [3.8, 4) is 0 Å². The van der Waals surface area contributed by atoms with Crippen molar-refractivity contribution in [3.05, 3.63) is 40.0 Å². The SMILES string of the molecule is Cc1cc2c(c(C)c1C)CC=C2CC(=O)O. The maximum atomic E-state index is 10.8. The number of carboxylic acid groups (broad SMARTS) is 1. The second-order valence-electron chi connectivity index (χ2n) is 4.47. The molecule has 0 fully saturated rings. The third-order valence-corrected chi connectivity index (χ3v) is 3.53. The van der Waals surface area contributed by atoms with Crippen LogP contribution in [0.4, 0.5) is 0 Å². The number of allylic oxidation sites excluding steroid dienone is 1. The van der Waals surface area contributed by atoms with Crippen LogP contribution in [0.15, 0.2) is 12.1 Å². The molecule has 0 aliphatic heterocycles. The lowest BCUT2D eigenvalue weighted by atomic mass is 9.92. The molecular formula is C14H16O2. The van der Waals surface area contributed by atoms with Crippen molar-refractivity contribution < 1.29 is 9.90 Å². The van der Waals surface area contributed by atoms with Crippen LogP contribution in [0.5, 0.6) is 0 Å². The summed E-state index contributed by atoms with van der Waals surface area (Å²) in [5, 5.41) is 8.85. The first kappa shape index (κ1) is 10.9. The van der Waals surface area contributed by atoms with Gasteiger partial charge in [-0.25, -0.2) is 0 Å². The van der Waals surface area contributed by atoms with Gasteiger partial charge in [-0.1, -0.05) is 12.1 Å². The normalized spacial score (nSPS) is 13.6. The van der Waals surface area contributed by atoms with E-state index in [1.54, 1.807) is 0 Å². The van der Waals surface area contributed by atoms with Gasteiger partial charge < -0.3 is 5.11 Å². The molecule has 16 heavy (non-hydrogen) atoms. The van der Waals surface area contributed by atoms with Crippen molar-refractivity contribution in [1.29, 1.82) is 0 Å². The van der Waals surface area contributed by atoms with Crippen LogP contribution >= 0.6 is 0 Å². The number of carbonyl (C=O) groups is 1. The quantitative estimate of drug-likeness (QED) is 0.825. The van der Waals surface area contributed by atoms with Gasteiger partial charge in [0.1, 0.15) is 0 Å². The predicted octanol–water partition coefficient (Wildman–Crippen LogP) is 3.03. The van der Waals surface area contributed by atoms with Gasteiger partial charge in [-0.15, -0.1) is 0 Å². The molecule has 1 aliphatic rings. The molecule has 0 saturated heterocycles. The van der Waals surface area contributed by atoms with Gasteiger partial charge in [-0.3, -0.25) is 4.79 Å². The molecule has 84 valence electrons. The molecule has 1 aliphatic carbocycles. The summed E-state index contributed by atoms with van der Waals surface area (Å²) < 4.78 is 0. The molecule has 2 rings (SSSR count). The summed E-state index contributed by atoms with van der Waals surface area (Å²) in [7, 11) is 0. The maximum absolute atomic E-state index is 10.8. The number of carboxylic acids is 1. The van der Waals surface area contributed by atoms with E-state index in [9.17, 15) is 4.79 Å². The van der Waals surface area contributed by atoms with Crippen LogP contribution in [-0.2, 0) is 11.2 Å². The summed E-state index contributed by atoms with van der Waals surface area (Å²) in [5.74, 6) is -0.755. The number of rotatable bonds is 2. The molecule has 1 aromatic carbocycles. The highest BCUT2D eigenvalue weighted by Crippen LogP contribution is 2.34. The molecule has 0 heterocycles. The van der Waals surface area contributed by atoms with Crippen molar-refractivity contribution in [3.63, 3.8) is 0 Å². The fraction of sp³-hybridized carbons (Fsp3) is 0.357. The second kappa shape index (κ2) is 3.78. The van der Waals surface area contributed by atoms with Crippen LogP contribution in [0, 0.1) is 20.8 Å². The predicted molar refractivity (Wildman–Crippen MR) is 64.6 cm³/mol. The van der Waals surface area contributed by atoms with Crippen LogP contribution in [0.3, 0.4) is 0 Å². The van der Waals surface area contributed by atoms with E-state index >= 15 is 0 Å². The summed E-state index contributed by atoms with van der Waals surface area (Å²) in [4.78, 5) is 10.8. The molecule has 1 N–H and O–H groups in total. The maximum Gasteiger partial charge on any atom is 0.307 e. The molecule has 1 aromatic rings. The minimum atomic E-state index is -0.755. The van der Waals surface area contributed by atoms with Crippen LogP contribution < -0.4 is 0 Å². The Morgan fingerprint density at radius 3 is 2.62 bits per heavy atom. The second-order valence-corrected chi connectivity index (χ2v) is 4.47. The smallest absolute Gasteiger partial charge is 0.307 e. The minimum Gasteiger partial charge on any atom is -0.481 e. The fourth-order valence-corrected chi connectivity index (χ4v) is 2.35. The monoisotopic (exact) mass is 216 g/mol. The van der Waals surface area contributed by atoms with Gasteiger partial charge in [0.15, 0.2) is 0 Å². The first-order chi connectivity index (χ1) is 7.50. The zero-order valence-corrected chi connectivity index (χ0v) is 9.92. The van der Waals surface area contributed by atoms with E-state index < -0.39 is 5.97 Å². The molecule has 0 saturated carbocycles. The van der Waals surface area contributed by atoms with E-state index in [1.165, 1.54) is 22.3 Å². The first-order valence-corrected chi connectivity index (χ1v) is 5.51. The van der Waals surface area contributed by atoms with Crippen LogP contribution in [0.25, 0.3) is 5.57 Å². The molecule has 2 nitrogen and oxygen atoms in total. The van der Waals surface area contributed by atoms with Gasteiger partial charge in [0.2, 0.25) is 0 Å². The number of fused-ring (bicyclic) bond motifs is 1. The summed E-state index contributed by atoms with van der Waals surface area (Å²) in [6.07, 6.45) is 3.06. The summed E-state index contributed by atoms with van der Waals surface area (Å²) in [5.41, 5.74) is 7.29. The van der Waals surface area contributed by atoms with Gasteiger partial charge >= 0.3 is 5.97 Å². The Labute approximate surface area is 95.6 Å². The molecule has 2 heteroatoms. The largest absolute Gasteiger partial charge is 0.481 e. The molecule has 0 unspecified atom stereocenters. The highest BCUT2D eigenvalue weighted by Gasteiger charge is 2.19. The van der Waals surface area contributed by atoms with E-state index in [1.807, 2.05) is 6.08 Å². The molecule has 0 amide bonds.